The molecule has 0 aliphatic carbocycles. The molecule has 6 heteroatoms. The number of nitrogens with zero attached hydrogens (tertiary/aromatic N) is 1. The molecule has 108 valence electrons. The van der Waals surface area contributed by atoms with Crippen LogP contribution >= 0.6 is 11.3 Å². The van der Waals surface area contributed by atoms with Crippen LogP contribution in [-0.2, 0) is 16.6 Å². The van der Waals surface area contributed by atoms with Crippen LogP contribution in [0.2, 0.25) is 0 Å². The number of aryl methyl sites for hydroxylation is 1. The first-order valence-electron chi connectivity index (χ1n) is 6.61. The zero-order valence-electron chi connectivity index (χ0n) is 11.9. The van der Waals surface area contributed by atoms with Crippen LogP contribution in [-0.4, -0.2) is 32.4 Å². The molecule has 1 aliphatic heterocycles. The third-order valence-corrected chi connectivity index (χ3v) is 7.06. The van der Waals surface area contributed by atoms with Gasteiger partial charge < -0.3 is 5.32 Å². The van der Waals surface area contributed by atoms with Gasteiger partial charge in [-0.1, -0.05) is 6.92 Å². The number of sulfonamides is 1. The maximum Gasteiger partial charge on any atom is 0.244 e. The van der Waals surface area contributed by atoms with Gasteiger partial charge in [0.15, 0.2) is 0 Å². The van der Waals surface area contributed by atoms with Crippen molar-refractivity contribution in [1.29, 1.82) is 0 Å². The summed E-state index contributed by atoms with van der Waals surface area (Å²) in [4.78, 5) is 1.43. The smallest absolute Gasteiger partial charge is 0.244 e. The molecule has 0 bridgehead atoms. The molecule has 1 aromatic rings. The highest BCUT2D eigenvalue weighted by Crippen LogP contribution is 2.34. The van der Waals surface area contributed by atoms with Crippen molar-refractivity contribution < 1.29 is 8.42 Å². The number of thiophene rings is 1. The minimum absolute atomic E-state index is 0.0988. The second kappa shape index (κ2) is 5.52. The van der Waals surface area contributed by atoms with Crippen LogP contribution in [0.15, 0.2) is 10.3 Å². The van der Waals surface area contributed by atoms with Gasteiger partial charge in [0.25, 0.3) is 0 Å². The minimum Gasteiger partial charge on any atom is -0.315 e. The average molecular weight is 302 g/mol. The Morgan fingerprint density at radius 3 is 2.68 bits per heavy atom. The van der Waals surface area contributed by atoms with Gasteiger partial charge in [-0.2, -0.15) is 4.31 Å². The van der Waals surface area contributed by atoms with E-state index in [1.165, 1.54) is 11.3 Å². The second-order valence-electron chi connectivity index (χ2n) is 5.47. The van der Waals surface area contributed by atoms with Gasteiger partial charge in [-0.05, 0) is 44.2 Å². The lowest BCUT2D eigenvalue weighted by Crippen LogP contribution is -2.34. The Hall–Kier alpha value is -0.430. The fraction of sp³-hybridized carbons (Fsp3) is 0.692. The normalized spacial score (nSPS) is 25.1. The van der Waals surface area contributed by atoms with E-state index in [4.69, 9.17) is 0 Å². The molecule has 2 heterocycles. The fourth-order valence-corrected chi connectivity index (χ4v) is 6.37. The fourth-order valence-electron chi connectivity index (χ4n) is 2.83. The van der Waals surface area contributed by atoms with Crippen molar-refractivity contribution in [3.8, 4) is 0 Å². The van der Waals surface area contributed by atoms with Gasteiger partial charge in [-0.15, -0.1) is 11.3 Å². The second-order valence-corrected chi connectivity index (χ2v) is 8.26. The Morgan fingerprint density at radius 1 is 1.47 bits per heavy atom. The standard InChI is InChI=1S/C13H22N2O2S2/c1-9-5-11(3)15(7-9)19(16,17)13-10(2)8-18-12(13)6-14-4/h8-9,11,14H,5-7H2,1-4H3. The molecular formula is C13H22N2O2S2. The monoisotopic (exact) mass is 302 g/mol. The molecule has 2 atom stereocenters. The van der Waals surface area contributed by atoms with Crippen molar-refractivity contribution >= 4 is 21.4 Å². The third-order valence-electron chi connectivity index (χ3n) is 3.62. The van der Waals surface area contributed by atoms with Crippen LogP contribution in [0.5, 0.6) is 0 Å². The minimum atomic E-state index is -3.36. The molecule has 0 spiro atoms. The maximum atomic E-state index is 12.9. The molecule has 1 aliphatic rings. The molecular weight excluding hydrogens is 280 g/mol. The summed E-state index contributed by atoms with van der Waals surface area (Å²) in [6.45, 7) is 7.23. The Kier molecular flexibility index (Phi) is 4.35. The molecule has 4 nitrogen and oxygen atoms in total. The van der Waals surface area contributed by atoms with E-state index in [9.17, 15) is 8.42 Å². The first-order chi connectivity index (χ1) is 8.87. The molecule has 0 aromatic carbocycles. The number of rotatable bonds is 4. The van der Waals surface area contributed by atoms with E-state index in [1.54, 1.807) is 4.31 Å². The summed E-state index contributed by atoms with van der Waals surface area (Å²) in [5, 5.41) is 4.98. The number of hydrogen-bond donors (Lipinski definition) is 1. The van der Waals surface area contributed by atoms with E-state index < -0.39 is 10.0 Å². The molecule has 2 rings (SSSR count). The van der Waals surface area contributed by atoms with Crippen LogP contribution in [0, 0.1) is 12.8 Å². The van der Waals surface area contributed by atoms with Crippen molar-refractivity contribution in [2.24, 2.45) is 5.92 Å². The predicted molar refractivity (Wildman–Crippen MR) is 79.0 cm³/mol. The Morgan fingerprint density at radius 2 is 2.16 bits per heavy atom. The van der Waals surface area contributed by atoms with E-state index in [1.807, 2.05) is 26.3 Å². The Bertz CT molecular complexity index is 551. The van der Waals surface area contributed by atoms with Crippen molar-refractivity contribution in [3.05, 3.63) is 15.8 Å². The van der Waals surface area contributed by atoms with Crippen LogP contribution in [0.3, 0.4) is 0 Å². The molecule has 1 fully saturated rings. The molecule has 0 radical (unpaired) electrons. The number of nitrogens with one attached hydrogen (secondary N) is 1. The van der Waals surface area contributed by atoms with Gasteiger partial charge in [-0.3, -0.25) is 0 Å². The van der Waals surface area contributed by atoms with Crippen molar-refractivity contribution in [3.63, 3.8) is 0 Å². The highest BCUT2D eigenvalue weighted by atomic mass is 32.2. The van der Waals surface area contributed by atoms with E-state index >= 15 is 0 Å². The summed E-state index contributed by atoms with van der Waals surface area (Å²) in [6.07, 6.45) is 0.948. The van der Waals surface area contributed by atoms with Gasteiger partial charge in [0.1, 0.15) is 4.90 Å². The van der Waals surface area contributed by atoms with Crippen molar-refractivity contribution in [2.45, 2.75) is 44.7 Å². The third kappa shape index (κ3) is 2.72. The van der Waals surface area contributed by atoms with Crippen LogP contribution in [0.25, 0.3) is 0 Å². The van der Waals surface area contributed by atoms with Gasteiger partial charge in [0, 0.05) is 24.0 Å². The van der Waals surface area contributed by atoms with Crippen LogP contribution in [0.1, 0.15) is 30.7 Å². The highest BCUT2D eigenvalue weighted by molar-refractivity contribution is 7.89. The van der Waals surface area contributed by atoms with Crippen molar-refractivity contribution in [2.75, 3.05) is 13.6 Å². The van der Waals surface area contributed by atoms with Crippen LogP contribution in [0.4, 0.5) is 0 Å². The summed E-state index contributed by atoms with van der Waals surface area (Å²) < 4.78 is 27.4. The zero-order chi connectivity index (χ0) is 14.2. The van der Waals surface area contributed by atoms with Gasteiger partial charge in [-0.25, -0.2) is 8.42 Å². The molecule has 0 amide bonds. The Balaban J connectivity index is 2.42. The van der Waals surface area contributed by atoms with Gasteiger partial charge >= 0.3 is 0 Å². The molecule has 0 saturated carbocycles. The summed E-state index contributed by atoms with van der Waals surface area (Å²) in [5.41, 5.74) is 0.863. The van der Waals surface area contributed by atoms with Crippen LogP contribution < -0.4 is 5.32 Å². The quantitative estimate of drug-likeness (QED) is 0.927. The first kappa shape index (κ1) is 15.0. The summed E-state index contributed by atoms with van der Waals surface area (Å²) >= 11 is 1.52. The summed E-state index contributed by atoms with van der Waals surface area (Å²) in [7, 11) is -1.52. The predicted octanol–water partition coefficient (Wildman–Crippen LogP) is 2.19. The Labute approximate surface area is 119 Å². The van der Waals surface area contributed by atoms with E-state index in [0.29, 0.717) is 23.9 Å². The topological polar surface area (TPSA) is 49.4 Å². The van der Waals surface area contributed by atoms with E-state index in [0.717, 1.165) is 16.9 Å². The van der Waals surface area contributed by atoms with E-state index in [-0.39, 0.29) is 6.04 Å². The molecule has 2 unspecified atom stereocenters. The maximum absolute atomic E-state index is 12.9. The highest BCUT2D eigenvalue weighted by Gasteiger charge is 2.38. The van der Waals surface area contributed by atoms with Gasteiger partial charge in [0.05, 0.1) is 0 Å². The SMILES string of the molecule is CNCc1scc(C)c1S(=O)(=O)N1CC(C)CC1C. The summed E-state index contributed by atoms with van der Waals surface area (Å²) in [6, 6.07) is 0.0988. The molecule has 19 heavy (non-hydrogen) atoms. The molecule has 1 aromatic heterocycles. The molecule has 1 N–H and O–H groups in total. The lowest BCUT2D eigenvalue weighted by atomic mass is 10.1. The zero-order valence-corrected chi connectivity index (χ0v) is 13.6. The first-order valence-corrected chi connectivity index (χ1v) is 8.93. The average Bonchev–Trinajstić information content (AvgIpc) is 2.83. The largest absolute Gasteiger partial charge is 0.315 e. The lowest BCUT2D eigenvalue weighted by molar-refractivity contribution is 0.405. The van der Waals surface area contributed by atoms with Gasteiger partial charge in [0.2, 0.25) is 10.0 Å². The van der Waals surface area contributed by atoms with Crippen molar-refractivity contribution in [1.82, 2.24) is 9.62 Å². The number of hydrogen-bond acceptors (Lipinski definition) is 4. The molecule has 1 saturated heterocycles. The lowest BCUT2D eigenvalue weighted by Gasteiger charge is -2.22. The summed E-state index contributed by atoms with van der Waals surface area (Å²) in [5.74, 6) is 0.441. The van der Waals surface area contributed by atoms with E-state index in [2.05, 4.69) is 12.2 Å².